The third-order valence-electron chi connectivity index (χ3n) is 2.63. The molecule has 0 unspecified atom stereocenters. The van der Waals surface area contributed by atoms with Crippen molar-refractivity contribution >= 4 is 29.5 Å². The molecule has 1 rings (SSSR count). The van der Waals surface area contributed by atoms with Crippen LogP contribution in [-0.2, 0) is 29.5 Å². The minimum atomic E-state index is -4.74. The van der Waals surface area contributed by atoms with Crippen molar-refractivity contribution in [1.82, 2.24) is 0 Å². The second-order valence-corrected chi connectivity index (χ2v) is 11.7. The van der Waals surface area contributed by atoms with Crippen LogP contribution in [0.4, 0.5) is 0 Å². The van der Waals surface area contributed by atoms with Gasteiger partial charge < -0.3 is 9.47 Å². The van der Waals surface area contributed by atoms with Gasteiger partial charge in [0, 0.05) is 18.6 Å². The summed E-state index contributed by atoms with van der Waals surface area (Å²) in [5.74, 6) is 0.0581. The van der Waals surface area contributed by atoms with Crippen molar-refractivity contribution < 1.29 is 34.7 Å². The van der Waals surface area contributed by atoms with Crippen LogP contribution in [0.2, 0.25) is 0 Å². The Hall–Kier alpha value is -1.33. The Morgan fingerprint density at radius 1 is 0.864 bits per heavy atom. The van der Waals surface area contributed by atoms with E-state index in [4.69, 9.17) is 9.47 Å². The van der Waals surface area contributed by atoms with Gasteiger partial charge in [-0.1, -0.05) is 0 Å². The van der Waals surface area contributed by atoms with Gasteiger partial charge in [-0.15, -0.1) is 0 Å². The normalized spacial score (nSPS) is 13.1. The Bertz CT molecular complexity index is 834. The monoisotopic (exact) mass is 372 g/mol. The predicted octanol–water partition coefficient (Wildman–Crippen LogP) is -0.150. The van der Waals surface area contributed by atoms with E-state index in [2.05, 4.69) is 0 Å². The van der Waals surface area contributed by atoms with Gasteiger partial charge in [-0.25, -0.2) is 25.3 Å². The molecule has 0 spiro atoms. The first-order valence-corrected chi connectivity index (χ1v) is 11.1. The molecular formula is C11H16O8S3. The van der Waals surface area contributed by atoms with Gasteiger partial charge in [0.05, 0.1) is 14.2 Å². The number of rotatable bonds is 6. The molecule has 0 N–H and O–H groups in total. The van der Waals surface area contributed by atoms with Crippen LogP contribution >= 0.6 is 0 Å². The molecule has 22 heavy (non-hydrogen) atoms. The van der Waals surface area contributed by atoms with Crippen LogP contribution in [0.3, 0.4) is 0 Å². The first kappa shape index (κ1) is 18.7. The van der Waals surface area contributed by atoms with Crippen molar-refractivity contribution in [3.8, 4) is 11.5 Å². The zero-order valence-electron chi connectivity index (χ0n) is 12.3. The predicted molar refractivity (Wildman–Crippen MR) is 80.2 cm³/mol. The fourth-order valence-corrected chi connectivity index (χ4v) is 9.62. The van der Waals surface area contributed by atoms with Crippen molar-refractivity contribution in [1.29, 1.82) is 0 Å². The van der Waals surface area contributed by atoms with Gasteiger partial charge in [0.25, 0.3) is 3.91 Å². The minimum Gasteiger partial charge on any atom is -0.497 e. The first-order chi connectivity index (χ1) is 9.85. The average molecular weight is 372 g/mol. The molecule has 0 bridgehead atoms. The Labute approximate surface area is 129 Å². The van der Waals surface area contributed by atoms with Crippen LogP contribution in [0, 0.1) is 0 Å². The van der Waals surface area contributed by atoms with Gasteiger partial charge in [-0.3, -0.25) is 0 Å². The number of methoxy groups -OCH3 is 2. The van der Waals surface area contributed by atoms with Gasteiger partial charge in [0.1, 0.15) is 16.4 Å². The molecule has 126 valence electrons. The minimum absolute atomic E-state index is 0.211. The van der Waals surface area contributed by atoms with E-state index in [-0.39, 0.29) is 11.5 Å². The van der Waals surface area contributed by atoms with Crippen LogP contribution in [0.25, 0.3) is 0 Å². The van der Waals surface area contributed by atoms with E-state index in [1.165, 1.54) is 26.4 Å². The number of hydrogen-bond donors (Lipinski definition) is 0. The van der Waals surface area contributed by atoms with Crippen LogP contribution in [0.15, 0.2) is 23.1 Å². The zero-order valence-corrected chi connectivity index (χ0v) is 14.7. The Kier molecular flexibility index (Phi) is 5.15. The molecule has 11 heteroatoms. The van der Waals surface area contributed by atoms with Crippen molar-refractivity contribution in [2.24, 2.45) is 0 Å². The SMILES string of the molecule is COc1ccc(S(=O)(=O)C(S(C)(=O)=O)S(C)(=O)=O)c(OC)c1. The average Bonchev–Trinajstić information content (AvgIpc) is 2.33. The number of ether oxygens (including phenoxy) is 2. The highest BCUT2D eigenvalue weighted by atomic mass is 32.3. The van der Waals surface area contributed by atoms with E-state index < -0.39 is 38.3 Å². The lowest BCUT2D eigenvalue weighted by Gasteiger charge is -2.16. The standard InChI is InChI=1S/C11H16O8S3/c1-18-8-5-6-10(9(7-8)19-2)22(16,17)11(20(3,12)13)21(4,14)15/h5-7,11H,1-4H3. The summed E-state index contributed by atoms with van der Waals surface area (Å²) in [7, 11) is -11.1. The molecule has 0 saturated carbocycles. The molecule has 0 fully saturated rings. The van der Waals surface area contributed by atoms with E-state index in [0.29, 0.717) is 12.5 Å². The second-order valence-electron chi connectivity index (χ2n) is 4.51. The fraction of sp³-hybridized carbons (Fsp3) is 0.455. The topological polar surface area (TPSA) is 121 Å². The summed E-state index contributed by atoms with van der Waals surface area (Å²) in [6.45, 7) is 0. The number of sulfone groups is 3. The largest absolute Gasteiger partial charge is 0.497 e. The molecule has 1 aromatic carbocycles. The summed E-state index contributed by atoms with van der Waals surface area (Å²) in [4.78, 5) is -0.545. The lowest BCUT2D eigenvalue weighted by Crippen LogP contribution is -2.36. The highest BCUT2D eigenvalue weighted by Gasteiger charge is 2.45. The van der Waals surface area contributed by atoms with Gasteiger partial charge in [0.2, 0.25) is 9.84 Å². The molecular weight excluding hydrogens is 356 g/mol. The van der Waals surface area contributed by atoms with Crippen LogP contribution in [0.5, 0.6) is 11.5 Å². The quantitative estimate of drug-likeness (QED) is 0.676. The lowest BCUT2D eigenvalue weighted by atomic mass is 10.3. The summed E-state index contributed by atoms with van der Waals surface area (Å²) >= 11 is 0. The maximum atomic E-state index is 12.5. The molecule has 0 saturated heterocycles. The Morgan fingerprint density at radius 3 is 1.73 bits per heavy atom. The molecule has 0 aliphatic carbocycles. The Balaban J connectivity index is 3.73. The molecule has 0 aliphatic heterocycles. The zero-order chi connectivity index (χ0) is 17.3. The van der Waals surface area contributed by atoms with Crippen LogP contribution in [0.1, 0.15) is 0 Å². The fourth-order valence-electron chi connectivity index (χ4n) is 1.89. The van der Waals surface area contributed by atoms with E-state index >= 15 is 0 Å². The van der Waals surface area contributed by atoms with Crippen LogP contribution < -0.4 is 9.47 Å². The maximum Gasteiger partial charge on any atom is 0.266 e. The van der Waals surface area contributed by atoms with Gasteiger partial charge in [-0.05, 0) is 12.1 Å². The Morgan fingerprint density at radius 2 is 1.36 bits per heavy atom. The highest BCUT2D eigenvalue weighted by Crippen LogP contribution is 2.33. The molecule has 0 radical (unpaired) electrons. The molecule has 0 amide bonds. The van der Waals surface area contributed by atoms with E-state index in [1.807, 2.05) is 0 Å². The summed E-state index contributed by atoms with van der Waals surface area (Å²) in [5.41, 5.74) is 0. The summed E-state index contributed by atoms with van der Waals surface area (Å²) in [5, 5.41) is 0. The van der Waals surface area contributed by atoms with E-state index in [1.54, 1.807) is 0 Å². The highest BCUT2D eigenvalue weighted by molar-refractivity contribution is 8.23. The van der Waals surface area contributed by atoms with Gasteiger partial charge in [0.15, 0.2) is 19.7 Å². The second kappa shape index (κ2) is 6.05. The number of hydrogen-bond acceptors (Lipinski definition) is 8. The third kappa shape index (κ3) is 3.70. The molecule has 1 aromatic rings. The van der Waals surface area contributed by atoms with E-state index in [0.717, 1.165) is 6.07 Å². The molecule has 8 nitrogen and oxygen atoms in total. The molecule has 0 aliphatic rings. The van der Waals surface area contributed by atoms with Crippen molar-refractivity contribution in [3.05, 3.63) is 18.2 Å². The van der Waals surface area contributed by atoms with Gasteiger partial charge >= 0.3 is 0 Å². The molecule has 0 heterocycles. The summed E-state index contributed by atoms with van der Waals surface area (Å²) in [6, 6.07) is 3.52. The maximum absolute atomic E-state index is 12.5. The van der Waals surface area contributed by atoms with Crippen molar-refractivity contribution in [3.63, 3.8) is 0 Å². The third-order valence-corrected chi connectivity index (χ3v) is 11.2. The van der Waals surface area contributed by atoms with Crippen LogP contribution in [-0.4, -0.2) is 55.9 Å². The van der Waals surface area contributed by atoms with E-state index in [9.17, 15) is 25.3 Å². The van der Waals surface area contributed by atoms with Crippen molar-refractivity contribution in [2.75, 3.05) is 26.7 Å². The lowest BCUT2D eigenvalue weighted by molar-refractivity contribution is 0.386. The summed E-state index contributed by atoms with van der Waals surface area (Å²) < 4.78 is 79.0. The van der Waals surface area contributed by atoms with Crippen molar-refractivity contribution in [2.45, 2.75) is 8.81 Å². The summed E-state index contributed by atoms with van der Waals surface area (Å²) in [6.07, 6.45) is 1.10. The molecule has 0 atom stereocenters. The molecule has 0 aromatic heterocycles. The number of benzene rings is 1. The van der Waals surface area contributed by atoms with Gasteiger partial charge in [-0.2, -0.15) is 0 Å². The smallest absolute Gasteiger partial charge is 0.266 e. The first-order valence-electron chi connectivity index (χ1n) is 5.69.